The molecule has 1 amide bonds. The molecule has 1 aromatic heterocycles. The largest absolute Gasteiger partial charge is 0.494 e. The number of likely N-dealkylation sites (N-methyl/N-ethyl adjacent to an activating group) is 1. The molecule has 0 fully saturated rings. The summed E-state index contributed by atoms with van der Waals surface area (Å²) in [6.45, 7) is 6.26. The van der Waals surface area contributed by atoms with E-state index in [0.717, 1.165) is 16.3 Å². The third-order valence-electron chi connectivity index (χ3n) is 3.50. The Labute approximate surface area is 151 Å². The molecule has 0 spiro atoms. The highest BCUT2D eigenvalue weighted by Crippen LogP contribution is 2.18. The highest BCUT2D eigenvalue weighted by Gasteiger charge is 2.18. The lowest BCUT2D eigenvalue weighted by molar-refractivity contribution is -0.133. The van der Waals surface area contributed by atoms with E-state index in [-0.39, 0.29) is 12.5 Å². The second-order valence-corrected chi connectivity index (χ2v) is 6.75. The van der Waals surface area contributed by atoms with E-state index in [4.69, 9.17) is 9.47 Å². The number of hydrogen-bond acceptors (Lipinski definition) is 6. The number of carbonyl (C=O) groups excluding carboxylic acids is 2. The first-order valence-corrected chi connectivity index (χ1v) is 8.79. The molecule has 0 radical (unpaired) electrons. The maximum atomic E-state index is 12.2. The van der Waals surface area contributed by atoms with Gasteiger partial charge in [-0.15, -0.1) is 11.3 Å². The minimum absolute atomic E-state index is 0.263. The zero-order valence-corrected chi connectivity index (χ0v) is 15.7. The summed E-state index contributed by atoms with van der Waals surface area (Å²) in [7, 11) is 1.68. The van der Waals surface area contributed by atoms with E-state index in [1.807, 2.05) is 38.1 Å². The minimum Gasteiger partial charge on any atom is -0.494 e. The van der Waals surface area contributed by atoms with Gasteiger partial charge in [-0.25, -0.2) is 9.78 Å². The van der Waals surface area contributed by atoms with Crippen LogP contribution in [0.25, 0.3) is 0 Å². The molecule has 7 heteroatoms. The molecule has 0 bridgehead atoms. The van der Waals surface area contributed by atoms with Crippen LogP contribution in [0.3, 0.4) is 0 Å². The van der Waals surface area contributed by atoms with Gasteiger partial charge in [0.2, 0.25) is 0 Å². The molecule has 1 heterocycles. The molecule has 0 atom stereocenters. The monoisotopic (exact) mass is 362 g/mol. The number of hydrogen-bond donors (Lipinski definition) is 0. The smallest absolute Gasteiger partial charge is 0.350 e. The fourth-order valence-corrected chi connectivity index (χ4v) is 3.06. The van der Waals surface area contributed by atoms with Gasteiger partial charge in [0.05, 0.1) is 17.3 Å². The SMILES string of the molecule is CCOc1ccc(CN(C)C(=O)COC(=O)c2sc(C)nc2C)cc1. The molecule has 0 aliphatic rings. The molecule has 0 saturated carbocycles. The van der Waals surface area contributed by atoms with Crippen LogP contribution >= 0.6 is 11.3 Å². The van der Waals surface area contributed by atoms with E-state index < -0.39 is 5.97 Å². The lowest BCUT2D eigenvalue weighted by Crippen LogP contribution is -2.30. The fourth-order valence-electron chi connectivity index (χ4n) is 2.24. The first-order valence-electron chi connectivity index (χ1n) is 7.97. The van der Waals surface area contributed by atoms with Crippen molar-refractivity contribution in [1.29, 1.82) is 0 Å². The number of aromatic nitrogens is 1. The molecule has 0 N–H and O–H groups in total. The quantitative estimate of drug-likeness (QED) is 0.708. The van der Waals surface area contributed by atoms with Gasteiger partial charge in [-0.1, -0.05) is 12.1 Å². The van der Waals surface area contributed by atoms with Gasteiger partial charge in [0, 0.05) is 13.6 Å². The van der Waals surface area contributed by atoms with Crippen molar-refractivity contribution in [3.63, 3.8) is 0 Å². The number of amides is 1. The van der Waals surface area contributed by atoms with E-state index in [9.17, 15) is 9.59 Å². The molecule has 2 aromatic rings. The summed E-state index contributed by atoms with van der Waals surface area (Å²) in [6.07, 6.45) is 0. The summed E-state index contributed by atoms with van der Waals surface area (Å²) in [5.74, 6) is 0.0245. The highest BCUT2D eigenvalue weighted by molar-refractivity contribution is 7.13. The summed E-state index contributed by atoms with van der Waals surface area (Å²) in [4.78, 5) is 30.3. The Bertz CT molecular complexity index is 740. The number of carbonyl (C=O) groups is 2. The van der Waals surface area contributed by atoms with Crippen molar-refractivity contribution in [2.45, 2.75) is 27.3 Å². The van der Waals surface area contributed by atoms with Crippen molar-refractivity contribution >= 4 is 23.2 Å². The number of thiazole rings is 1. The van der Waals surface area contributed by atoms with Crippen LogP contribution < -0.4 is 4.74 Å². The molecule has 25 heavy (non-hydrogen) atoms. The van der Waals surface area contributed by atoms with Gasteiger partial charge in [-0.3, -0.25) is 4.79 Å². The van der Waals surface area contributed by atoms with Crippen LogP contribution in [0.15, 0.2) is 24.3 Å². The van der Waals surface area contributed by atoms with E-state index >= 15 is 0 Å². The number of esters is 1. The number of ether oxygens (including phenoxy) is 2. The second-order valence-electron chi connectivity index (χ2n) is 5.55. The molecule has 0 aliphatic heterocycles. The zero-order chi connectivity index (χ0) is 18.4. The van der Waals surface area contributed by atoms with Crippen molar-refractivity contribution in [3.8, 4) is 5.75 Å². The molecule has 0 unspecified atom stereocenters. The van der Waals surface area contributed by atoms with Gasteiger partial charge in [-0.05, 0) is 38.5 Å². The number of nitrogens with zero attached hydrogens (tertiary/aromatic N) is 2. The van der Waals surface area contributed by atoms with E-state index in [0.29, 0.717) is 23.7 Å². The van der Waals surface area contributed by atoms with Crippen LogP contribution in [0, 0.1) is 13.8 Å². The molecular formula is C18H22N2O4S. The Kier molecular flexibility index (Phi) is 6.52. The van der Waals surface area contributed by atoms with Crippen molar-refractivity contribution in [1.82, 2.24) is 9.88 Å². The summed E-state index contributed by atoms with van der Waals surface area (Å²) in [5.41, 5.74) is 1.60. The summed E-state index contributed by atoms with van der Waals surface area (Å²) >= 11 is 1.27. The number of aryl methyl sites for hydroxylation is 2. The van der Waals surface area contributed by atoms with Crippen LogP contribution in [-0.2, 0) is 16.1 Å². The normalized spacial score (nSPS) is 10.4. The molecule has 0 aliphatic carbocycles. The molecular weight excluding hydrogens is 340 g/mol. The molecule has 1 aromatic carbocycles. The fraction of sp³-hybridized carbons (Fsp3) is 0.389. The summed E-state index contributed by atoms with van der Waals surface area (Å²) in [6, 6.07) is 7.55. The van der Waals surface area contributed by atoms with E-state index in [1.165, 1.54) is 16.2 Å². The Morgan fingerprint density at radius 1 is 1.20 bits per heavy atom. The summed E-state index contributed by atoms with van der Waals surface area (Å²) in [5, 5.41) is 0.795. The van der Waals surface area contributed by atoms with Gasteiger partial charge in [0.15, 0.2) is 6.61 Å². The van der Waals surface area contributed by atoms with Crippen molar-refractivity contribution in [2.24, 2.45) is 0 Å². The average Bonchev–Trinajstić information content (AvgIpc) is 2.92. The zero-order valence-electron chi connectivity index (χ0n) is 14.9. The first kappa shape index (κ1) is 18.9. The van der Waals surface area contributed by atoms with Crippen LogP contribution in [0.4, 0.5) is 0 Å². The van der Waals surface area contributed by atoms with Gasteiger partial charge in [0.25, 0.3) is 5.91 Å². The first-order chi connectivity index (χ1) is 11.9. The maximum absolute atomic E-state index is 12.2. The van der Waals surface area contributed by atoms with Crippen LogP contribution in [0.1, 0.15) is 32.9 Å². The Balaban J connectivity index is 1.85. The Morgan fingerprint density at radius 2 is 1.88 bits per heavy atom. The van der Waals surface area contributed by atoms with Gasteiger partial charge >= 0.3 is 5.97 Å². The van der Waals surface area contributed by atoms with Gasteiger partial charge in [0.1, 0.15) is 10.6 Å². The molecule has 6 nitrogen and oxygen atoms in total. The minimum atomic E-state index is -0.508. The van der Waals surface area contributed by atoms with Crippen LogP contribution in [0.5, 0.6) is 5.75 Å². The van der Waals surface area contributed by atoms with Crippen LogP contribution in [0.2, 0.25) is 0 Å². The van der Waals surface area contributed by atoms with E-state index in [2.05, 4.69) is 4.98 Å². The second kappa shape index (κ2) is 8.62. The van der Waals surface area contributed by atoms with Crippen molar-refractivity contribution in [3.05, 3.63) is 45.4 Å². The summed E-state index contributed by atoms with van der Waals surface area (Å²) < 4.78 is 10.5. The highest BCUT2D eigenvalue weighted by atomic mass is 32.1. The Morgan fingerprint density at radius 3 is 2.44 bits per heavy atom. The number of benzene rings is 1. The Hall–Kier alpha value is -2.41. The van der Waals surface area contributed by atoms with Crippen molar-refractivity contribution < 1.29 is 19.1 Å². The molecule has 134 valence electrons. The lowest BCUT2D eigenvalue weighted by atomic mass is 10.2. The van der Waals surface area contributed by atoms with Crippen molar-refractivity contribution in [2.75, 3.05) is 20.3 Å². The predicted octanol–water partition coefficient (Wildman–Crippen LogP) is 2.97. The topological polar surface area (TPSA) is 68.7 Å². The predicted molar refractivity (Wildman–Crippen MR) is 96.0 cm³/mol. The van der Waals surface area contributed by atoms with Crippen LogP contribution in [-0.4, -0.2) is 42.0 Å². The van der Waals surface area contributed by atoms with Gasteiger partial charge < -0.3 is 14.4 Å². The third kappa shape index (κ3) is 5.29. The number of rotatable bonds is 7. The van der Waals surface area contributed by atoms with E-state index in [1.54, 1.807) is 14.0 Å². The lowest BCUT2D eigenvalue weighted by Gasteiger charge is -2.17. The standard InChI is InChI=1S/C18H22N2O4S/c1-5-23-15-8-6-14(7-9-15)10-20(4)16(21)11-24-18(22)17-12(2)19-13(3)25-17/h6-9H,5,10-11H2,1-4H3. The third-order valence-corrected chi connectivity index (χ3v) is 4.55. The molecule has 0 saturated heterocycles. The molecule has 2 rings (SSSR count). The maximum Gasteiger partial charge on any atom is 0.350 e. The average molecular weight is 362 g/mol. The van der Waals surface area contributed by atoms with Gasteiger partial charge in [-0.2, -0.15) is 0 Å².